The van der Waals surface area contributed by atoms with Crippen LogP contribution in [0.25, 0.3) is 0 Å². The van der Waals surface area contributed by atoms with Gasteiger partial charge >= 0.3 is 0 Å². The van der Waals surface area contributed by atoms with Gasteiger partial charge in [-0.15, -0.1) is 0 Å². The highest BCUT2D eigenvalue weighted by Gasteiger charge is 2.46. The average molecular weight is 325 g/mol. The van der Waals surface area contributed by atoms with E-state index in [0.29, 0.717) is 0 Å². The number of aryl methyl sites for hydroxylation is 2. The molecule has 1 fully saturated rings. The standard InChI is InChI=1S/C21H24FNO/c1-13(2)23(20-10-14(3)8-9-15(20)4)21(24)19-12-18(19)16-6-5-7-17(22)11-16/h5-11,13,18-19H,12H2,1-4H3. The minimum absolute atomic E-state index is 0.0471. The predicted molar refractivity (Wildman–Crippen MR) is 95.8 cm³/mol. The van der Waals surface area contributed by atoms with Crippen molar-refractivity contribution in [3.05, 3.63) is 65.0 Å². The third kappa shape index (κ3) is 3.21. The monoisotopic (exact) mass is 325 g/mol. The van der Waals surface area contributed by atoms with Crippen molar-refractivity contribution >= 4 is 11.6 Å². The summed E-state index contributed by atoms with van der Waals surface area (Å²) in [4.78, 5) is 15.0. The summed E-state index contributed by atoms with van der Waals surface area (Å²) in [5.41, 5.74) is 4.16. The van der Waals surface area contributed by atoms with E-state index in [0.717, 1.165) is 28.8 Å². The van der Waals surface area contributed by atoms with E-state index in [2.05, 4.69) is 18.2 Å². The van der Waals surface area contributed by atoms with E-state index in [1.54, 1.807) is 12.1 Å². The van der Waals surface area contributed by atoms with Crippen LogP contribution < -0.4 is 4.90 Å². The van der Waals surface area contributed by atoms with E-state index in [9.17, 15) is 9.18 Å². The maximum absolute atomic E-state index is 13.4. The summed E-state index contributed by atoms with van der Waals surface area (Å²) in [5.74, 6) is 0.00230. The number of carbonyl (C=O) groups excluding carboxylic acids is 1. The third-order valence-corrected chi connectivity index (χ3v) is 4.76. The van der Waals surface area contributed by atoms with E-state index < -0.39 is 0 Å². The molecule has 126 valence electrons. The first-order chi connectivity index (χ1) is 11.4. The lowest BCUT2D eigenvalue weighted by molar-refractivity contribution is -0.120. The Morgan fingerprint density at radius 3 is 2.58 bits per heavy atom. The van der Waals surface area contributed by atoms with Crippen molar-refractivity contribution in [1.29, 1.82) is 0 Å². The lowest BCUT2D eigenvalue weighted by Crippen LogP contribution is -2.39. The molecule has 2 aromatic carbocycles. The Morgan fingerprint density at radius 1 is 1.17 bits per heavy atom. The Hall–Kier alpha value is -2.16. The molecule has 0 saturated heterocycles. The van der Waals surface area contributed by atoms with Crippen molar-refractivity contribution in [2.75, 3.05) is 4.90 Å². The second-order valence-corrected chi connectivity index (χ2v) is 7.10. The Kier molecular flexibility index (Phi) is 4.44. The van der Waals surface area contributed by atoms with E-state index >= 15 is 0 Å². The molecule has 3 rings (SSSR count). The van der Waals surface area contributed by atoms with Gasteiger partial charge in [-0.25, -0.2) is 4.39 Å². The number of hydrogen-bond donors (Lipinski definition) is 0. The van der Waals surface area contributed by atoms with Gasteiger partial charge in [0.2, 0.25) is 5.91 Å². The molecule has 1 saturated carbocycles. The molecule has 0 bridgehead atoms. The lowest BCUT2D eigenvalue weighted by atomic mass is 10.1. The van der Waals surface area contributed by atoms with E-state index in [1.807, 2.05) is 38.7 Å². The van der Waals surface area contributed by atoms with Gasteiger partial charge in [-0.2, -0.15) is 0 Å². The molecule has 0 heterocycles. The van der Waals surface area contributed by atoms with Crippen LogP contribution in [0.2, 0.25) is 0 Å². The van der Waals surface area contributed by atoms with Gasteiger partial charge in [0, 0.05) is 17.6 Å². The highest BCUT2D eigenvalue weighted by molar-refractivity contribution is 5.98. The number of anilines is 1. The van der Waals surface area contributed by atoms with Crippen LogP contribution >= 0.6 is 0 Å². The van der Waals surface area contributed by atoms with Crippen LogP contribution in [0, 0.1) is 25.6 Å². The van der Waals surface area contributed by atoms with E-state index in [-0.39, 0.29) is 29.6 Å². The van der Waals surface area contributed by atoms with Gasteiger partial charge in [0.1, 0.15) is 5.82 Å². The van der Waals surface area contributed by atoms with Crippen molar-refractivity contribution in [3.63, 3.8) is 0 Å². The fourth-order valence-electron chi connectivity index (χ4n) is 3.38. The zero-order valence-corrected chi connectivity index (χ0v) is 14.7. The first kappa shape index (κ1) is 16.7. The van der Waals surface area contributed by atoms with Crippen molar-refractivity contribution in [1.82, 2.24) is 0 Å². The maximum Gasteiger partial charge on any atom is 0.230 e. The summed E-state index contributed by atoms with van der Waals surface area (Å²) >= 11 is 0. The molecule has 2 aromatic rings. The summed E-state index contributed by atoms with van der Waals surface area (Å²) in [5, 5.41) is 0. The van der Waals surface area contributed by atoms with Gasteiger partial charge < -0.3 is 4.90 Å². The van der Waals surface area contributed by atoms with E-state index in [4.69, 9.17) is 0 Å². The highest BCUT2D eigenvalue weighted by Crippen LogP contribution is 2.49. The smallest absolute Gasteiger partial charge is 0.230 e. The Labute approximate surface area is 143 Å². The normalized spacial score (nSPS) is 19.4. The first-order valence-corrected chi connectivity index (χ1v) is 8.54. The van der Waals surface area contributed by atoms with Gasteiger partial charge in [-0.1, -0.05) is 24.3 Å². The van der Waals surface area contributed by atoms with Gasteiger partial charge in [-0.05, 0) is 74.9 Å². The molecular weight excluding hydrogens is 301 g/mol. The van der Waals surface area contributed by atoms with Gasteiger partial charge in [0.05, 0.1) is 0 Å². The van der Waals surface area contributed by atoms with E-state index in [1.165, 1.54) is 6.07 Å². The lowest BCUT2D eigenvalue weighted by Gasteiger charge is -2.29. The maximum atomic E-state index is 13.4. The molecule has 2 unspecified atom stereocenters. The molecule has 0 aliphatic heterocycles. The molecule has 0 spiro atoms. The summed E-state index contributed by atoms with van der Waals surface area (Å²) in [6.45, 7) is 8.16. The van der Waals surface area contributed by atoms with Crippen molar-refractivity contribution in [2.45, 2.75) is 46.1 Å². The van der Waals surface area contributed by atoms with Gasteiger partial charge in [0.15, 0.2) is 0 Å². The van der Waals surface area contributed by atoms with Crippen molar-refractivity contribution in [2.24, 2.45) is 5.92 Å². The Bertz CT molecular complexity index is 768. The minimum atomic E-state index is -0.235. The molecule has 24 heavy (non-hydrogen) atoms. The molecule has 2 nitrogen and oxygen atoms in total. The zero-order valence-electron chi connectivity index (χ0n) is 14.7. The highest BCUT2D eigenvalue weighted by atomic mass is 19.1. The second-order valence-electron chi connectivity index (χ2n) is 7.10. The molecule has 1 aliphatic carbocycles. The largest absolute Gasteiger partial charge is 0.309 e. The Morgan fingerprint density at radius 2 is 1.92 bits per heavy atom. The third-order valence-electron chi connectivity index (χ3n) is 4.76. The van der Waals surface area contributed by atoms with Gasteiger partial charge in [-0.3, -0.25) is 4.79 Å². The number of halogens is 1. The number of benzene rings is 2. The topological polar surface area (TPSA) is 20.3 Å². The molecule has 2 atom stereocenters. The average Bonchev–Trinajstić information content (AvgIpc) is 3.31. The number of amides is 1. The molecular formula is C21H24FNO. The summed E-state index contributed by atoms with van der Waals surface area (Å²) in [6, 6.07) is 12.9. The van der Waals surface area contributed by atoms with Gasteiger partial charge in [0.25, 0.3) is 0 Å². The number of hydrogen-bond acceptors (Lipinski definition) is 1. The number of nitrogens with zero attached hydrogens (tertiary/aromatic N) is 1. The zero-order chi connectivity index (χ0) is 17.4. The van der Waals surface area contributed by atoms with Crippen LogP contribution in [0.15, 0.2) is 42.5 Å². The van der Waals surface area contributed by atoms with Crippen molar-refractivity contribution in [3.8, 4) is 0 Å². The molecule has 0 aromatic heterocycles. The van der Waals surface area contributed by atoms with Crippen LogP contribution in [0.1, 0.15) is 42.9 Å². The number of rotatable bonds is 4. The summed E-state index contributed by atoms with van der Waals surface area (Å²) < 4.78 is 13.4. The minimum Gasteiger partial charge on any atom is -0.309 e. The summed E-state index contributed by atoms with van der Waals surface area (Å²) in [7, 11) is 0. The Balaban J connectivity index is 1.86. The fourth-order valence-corrected chi connectivity index (χ4v) is 3.38. The van der Waals surface area contributed by atoms with Crippen LogP contribution in [-0.4, -0.2) is 11.9 Å². The quantitative estimate of drug-likeness (QED) is 0.775. The van der Waals surface area contributed by atoms with Crippen LogP contribution in [0.3, 0.4) is 0 Å². The molecule has 1 amide bonds. The number of carbonyl (C=O) groups is 1. The molecule has 1 aliphatic rings. The first-order valence-electron chi connectivity index (χ1n) is 8.54. The van der Waals surface area contributed by atoms with Crippen molar-refractivity contribution < 1.29 is 9.18 Å². The molecule has 3 heteroatoms. The summed E-state index contributed by atoms with van der Waals surface area (Å²) in [6.07, 6.45) is 0.802. The predicted octanol–water partition coefficient (Wildman–Crippen LogP) is 4.99. The SMILES string of the molecule is Cc1ccc(C)c(N(C(=O)C2CC2c2cccc(F)c2)C(C)C)c1. The van der Waals surface area contributed by atoms with Crippen LogP contribution in [0.4, 0.5) is 10.1 Å². The second kappa shape index (κ2) is 6.39. The molecule has 0 radical (unpaired) electrons. The van der Waals surface area contributed by atoms with Crippen LogP contribution in [0.5, 0.6) is 0 Å². The van der Waals surface area contributed by atoms with Crippen LogP contribution in [-0.2, 0) is 4.79 Å². The fraction of sp³-hybridized carbons (Fsp3) is 0.381. The molecule has 0 N–H and O–H groups in total.